The van der Waals surface area contributed by atoms with E-state index in [2.05, 4.69) is 32.4 Å². The molecule has 3 aromatic rings. The lowest BCUT2D eigenvalue weighted by atomic mass is 10.0. The fourth-order valence-electron chi connectivity index (χ4n) is 4.52. The number of imidazole rings is 1. The average molecular weight is 583 g/mol. The minimum Gasteiger partial charge on any atom is -0.395 e. The van der Waals surface area contributed by atoms with Gasteiger partial charge in [-0.15, -0.1) is 0 Å². The first-order valence-corrected chi connectivity index (χ1v) is 13.4. The molecule has 1 aliphatic heterocycles. The molecule has 1 aromatic heterocycles. The lowest BCUT2D eigenvalue weighted by Crippen LogP contribution is -2.44. The summed E-state index contributed by atoms with van der Waals surface area (Å²) in [6.07, 6.45) is -3.13. The Balaban J connectivity index is 1.51. The number of halogens is 3. The topological polar surface area (TPSA) is 103 Å². The zero-order valence-electron chi connectivity index (χ0n) is 23.7. The van der Waals surface area contributed by atoms with Crippen molar-refractivity contribution in [3.8, 4) is 11.8 Å². The van der Waals surface area contributed by atoms with Crippen LogP contribution >= 0.6 is 0 Å². The van der Waals surface area contributed by atoms with Crippen molar-refractivity contribution >= 4 is 17.5 Å². The maximum absolute atomic E-state index is 14.0. The Morgan fingerprint density at radius 1 is 1.02 bits per heavy atom. The number of rotatable bonds is 7. The van der Waals surface area contributed by atoms with Gasteiger partial charge in [0, 0.05) is 63.1 Å². The standard InChI is InChI=1S/C30H33F3N6O3/c1-20-4-5-22(16-21(20)7-9-25-18-35-27(38(25)3)29(42)34-10-15-40)28(41)36-24-8-6-23(26(17-24)30(31,32)33)19-39-13-11-37(2)12-14-39/h4-6,8,16-18,40H,10-15,19H2,1-3H3,(H,34,42)(H,36,41). The summed E-state index contributed by atoms with van der Waals surface area (Å²) in [5.74, 6) is 5.04. The van der Waals surface area contributed by atoms with E-state index in [1.165, 1.54) is 22.9 Å². The Kier molecular flexibility index (Phi) is 9.67. The summed E-state index contributed by atoms with van der Waals surface area (Å²) in [5, 5.41) is 14.0. The van der Waals surface area contributed by atoms with E-state index in [1.54, 1.807) is 25.2 Å². The molecule has 3 N–H and O–H groups in total. The summed E-state index contributed by atoms with van der Waals surface area (Å²) in [6, 6.07) is 8.75. The highest BCUT2D eigenvalue weighted by molar-refractivity contribution is 6.04. The second-order valence-corrected chi connectivity index (χ2v) is 10.2. The van der Waals surface area contributed by atoms with Gasteiger partial charge in [-0.2, -0.15) is 13.2 Å². The maximum Gasteiger partial charge on any atom is 0.416 e. The molecule has 9 nitrogen and oxygen atoms in total. The molecule has 0 atom stereocenters. The van der Waals surface area contributed by atoms with Gasteiger partial charge in [-0.3, -0.25) is 14.5 Å². The van der Waals surface area contributed by atoms with E-state index < -0.39 is 23.6 Å². The molecule has 222 valence electrons. The van der Waals surface area contributed by atoms with Crippen LogP contribution in [0.5, 0.6) is 0 Å². The number of benzene rings is 2. The van der Waals surface area contributed by atoms with Crippen molar-refractivity contribution in [2.75, 3.05) is 51.7 Å². The Bertz CT molecular complexity index is 1510. The number of likely N-dealkylation sites (N-methyl/N-ethyl adjacent to an activating group) is 1. The number of aliphatic hydroxyl groups excluding tert-OH is 1. The van der Waals surface area contributed by atoms with Gasteiger partial charge >= 0.3 is 6.18 Å². The van der Waals surface area contributed by atoms with Crippen LogP contribution in [0.25, 0.3) is 0 Å². The SMILES string of the molecule is Cc1ccc(C(=O)Nc2ccc(CN3CCN(C)CC3)c(C(F)(F)F)c2)cc1C#Cc1cnc(C(=O)NCCO)n1C. The van der Waals surface area contributed by atoms with Crippen molar-refractivity contribution in [1.82, 2.24) is 24.7 Å². The highest BCUT2D eigenvalue weighted by Crippen LogP contribution is 2.34. The molecule has 2 amide bonds. The molecule has 4 rings (SSSR count). The summed E-state index contributed by atoms with van der Waals surface area (Å²) in [4.78, 5) is 33.4. The van der Waals surface area contributed by atoms with Crippen LogP contribution in [0.4, 0.5) is 18.9 Å². The van der Waals surface area contributed by atoms with Gasteiger partial charge < -0.3 is 25.2 Å². The van der Waals surface area contributed by atoms with E-state index in [1.807, 2.05) is 18.9 Å². The number of aliphatic hydroxyl groups is 1. The van der Waals surface area contributed by atoms with Gasteiger partial charge in [0.1, 0.15) is 5.69 Å². The van der Waals surface area contributed by atoms with Crippen LogP contribution in [0, 0.1) is 18.8 Å². The maximum atomic E-state index is 14.0. The lowest BCUT2D eigenvalue weighted by molar-refractivity contribution is -0.138. The normalized spacial score (nSPS) is 14.3. The molecule has 0 saturated carbocycles. The number of alkyl halides is 3. The number of nitrogens with zero attached hydrogens (tertiary/aromatic N) is 4. The van der Waals surface area contributed by atoms with Crippen LogP contribution in [0.3, 0.4) is 0 Å². The lowest BCUT2D eigenvalue weighted by Gasteiger charge is -2.33. The fraction of sp³-hybridized carbons (Fsp3) is 0.367. The fourth-order valence-corrected chi connectivity index (χ4v) is 4.52. The molecule has 1 aliphatic rings. The largest absolute Gasteiger partial charge is 0.416 e. The molecule has 0 bridgehead atoms. The van der Waals surface area contributed by atoms with E-state index in [0.717, 1.165) is 24.7 Å². The predicted molar refractivity (Wildman–Crippen MR) is 152 cm³/mol. The molecule has 1 fully saturated rings. The molecule has 0 radical (unpaired) electrons. The first kappa shape index (κ1) is 30.8. The van der Waals surface area contributed by atoms with Gasteiger partial charge in [0.2, 0.25) is 0 Å². The number of hydrogen-bond donors (Lipinski definition) is 3. The van der Waals surface area contributed by atoms with Crippen molar-refractivity contribution in [3.63, 3.8) is 0 Å². The minimum absolute atomic E-state index is 0.0459. The van der Waals surface area contributed by atoms with E-state index in [-0.39, 0.29) is 42.3 Å². The third kappa shape index (κ3) is 7.55. The van der Waals surface area contributed by atoms with Crippen LogP contribution < -0.4 is 10.6 Å². The Labute approximate surface area is 242 Å². The van der Waals surface area contributed by atoms with E-state index >= 15 is 0 Å². The number of anilines is 1. The van der Waals surface area contributed by atoms with Gasteiger partial charge in [-0.1, -0.05) is 18.1 Å². The third-order valence-corrected chi connectivity index (χ3v) is 7.08. The van der Waals surface area contributed by atoms with Crippen molar-refractivity contribution < 1.29 is 27.9 Å². The van der Waals surface area contributed by atoms with Gasteiger partial charge in [0.15, 0.2) is 5.82 Å². The average Bonchev–Trinajstić information content (AvgIpc) is 3.32. The number of carbonyl (C=O) groups excluding carboxylic acids is 2. The second kappa shape index (κ2) is 13.2. The van der Waals surface area contributed by atoms with Crippen LogP contribution in [0.2, 0.25) is 0 Å². The van der Waals surface area contributed by atoms with Crippen LogP contribution in [-0.2, 0) is 19.8 Å². The molecule has 2 heterocycles. The van der Waals surface area contributed by atoms with Gasteiger partial charge in [0.25, 0.3) is 11.8 Å². The summed E-state index contributed by atoms with van der Waals surface area (Å²) in [7, 11) is 3.62. The summed E-state index contributed by atoms with van der Waals surface area (Å²) < 4.78 is 43.4. The van der Waals surface area contributed by atoms with E-state index in [9.17, 15) is 22.8 Å². The van der Waals surface area contributed by atoms with E-state index in [0.29, 0.717) is 24.3 Å². The Morgan fingerprint density at radius 2 is 1.76 bits per heavy atom. The molecule has 0 aliphatic carbocycles. The summed E-state index contributed by atoms with van der Waals surface area (Å²) in [5.41, 5.74) is 1.45. The van der Waals surface area contributed by atoms with Gasteiger partial charge in [-0.05, 0) is 55.3 Å². The number of amides is 2. The van der Waals surface area contributed by atoms with Crippen molar-refractivity contribution in [2.24, 2.45) is 7.05 Å². The highest BCUT2D eigenvalue weighted by atomic mass is 19.4. The van der Waals surface area contributed by atoms with Gasteiger partial charge in [-0.25, -0.2) is 4.98 Å². The molecular formula is C30H33F3N6O3. The zero-order valence-corrected chi connectivity index (χ0v) is 23.7. The van der Waals surface area contributed by atoms with Crippen LogP contribution in [-0.4, -0.2) is 82.7 Å². The number of carbonyl (C=O) groups is 2. The third-order valence-electron chi connectivity index (χ3n) is 7.08. The molecule has 1 saturated heterocycles. The first-order valence-electron chi connectivity index (χ1n) is 13.4. The Hall–Kier alpha value is -4.18. The quantitative estimate of drug-likeness (QED) is 0.371. The monoisotopic (exact) mass is 582 g/mol. The van der Waals surface area contributed by atoms with Crippen LogP contribution in [0.15, 0.2) is 42.6 Å². The number of aromatic nitrogens is 2. The minimum atomic E-state index is -4.57. The predicted octanol–water partition coefficient (Wildman–Crippen LogP) is 2.87. The number of piperazine rings is 1. The Morgan fingerprint density at radius 3 is 2.45 bits per heavy atom. The van der Waals surface area contributed by atoms with E-state index in [4.69, 9.17) is 5.11 Å². The zero-order chi connectivity index (χ0) is 30.4. The molecule has 42 heavy (non-hydrogen) atoms. The molecule has 12 heteroatoms. The van der Waals surface area contributed by atoms with Crippen molar-refractivity contribution in [3.05, 3.63) is 81.9 Å². The first-order chi connectivity index (χ1) is 20.0. The van der Waals surface area contributed by atoms with Crippen molar-refractivity contribution in [2.45, 2.75) is 19.6 Å². The number of aryl methyl sites for hydroxylation is 1. The van der Waals surface area contributed by atoms with Crippen LogP contribution in [0.1, 0.15) is 48.9 Å². The number of hydrogen-bond acceptors (Lipinski definition) is 6. The summed E-state index contributed by atoms with van der Waals surface area (Å²) >= 11 is 0. The van der Waals surface area contributed by atoms with Crippen molar-refractivity contribution in [1.29, 1.82) is 0 Å². The molecular weight excluding hydrogens is 549 g/mol. The number of nitrogens with one attached hydrogen (secondary N) is 2. The van der Waals surface area contributed by atoms with Gasteiger partial charge in [0.05, 0.1) is 18.4 Å². The highest BCUT2D eigenvalue weighted by Gasteiger charge is 2.34. The smallest absolute Gasteiger partial charge is 0.395 e. The molecule has 0 unspecified atom stereocenters. The summed E-state index contributed by atoms with van der Waals surface area (Å²) in [6.45, 7) is 4.87. The second-order valence-electron chi connectivity index (χ2n) is 10.2. The molecule has 2 aromatic carbocycles. The molecule has 0 spiro atoms.